The maximum Gasteiger partial charge on any atom is 0.266 e. The molecule has 0 saturated carbocycles. The molecular formula is C16H19N3O2S2. The van der Waals surface area contributed by atoms with Crippen molar-refractivity contribution in [2.75, 3.05) is 11.6 Å². The SMILES string of the molecule is CSc1nnc(NC(=O)[C@H](C)Oc2ccc3c(c2)CCCC3)s1. The number of nitrogens with zero attached hydrogens (tertiary/aromatic N) is 2. The molecule has 1 aliphatic rings. The van der Waals surface area contributed by atoms with Crippen LogP contribution in [0.1, 0.15) is 30.9 Å². The number of anilines is 1. The number of fused-ring (bicyclic) bond motifs is 1. The lowest BCUT2D eigenvalue weighted by Crippen LogP contribution is -2.30. The van der Waals surface area contributed by atoms with Gasteiger partial charge < -0.3 is 4.74 Å². The largest absolute Gasteiger partial charge is 0.481 e. The van der Waals surface area contributed by atoms with Crippen LogP contribution in [0.5, 0.6) is 5.75 Å². The first-order valence-corrected chi connectivity index (χ1v) is 9.66. The van der Waals surface area contributed by atoms with E-state index in [-0.39, 0.29) is 5.91 Å². The van der Waals surface area contributed by atoms with Crippen molar-refractivity contribution in [3.8, 4) is 5.75 Å². The van der Waals surface area contributed by atoms with Crippen LogP contribution >= 0.6 is 23.1 Å². The molecule has 1 aliphatic carbocycles. The Morgan fingerprint density at radius 3 is 2.83 bits per heavy atom. The van der Waals surface area contributed by atoms with Gasteiger partial charge in [-0.1, -0.05) is 29.2 Å². The molecule has 1 heterocycles. The number of carbonyl (C=O) groups is 1. The molecule has 5 nitrogen and oxygen atoms in total. The third-order valence-electron chi connectivity index (χ3n) is 3.81. The zero-order valence-corrected chi connectivity index (χ0v) is 14.8. The number of amides is 1. The number of ether oxygens (including phenoxy) is 1. The van der Waals surface area contributed by atoms with Gasteiger partial charge in [0.05, 0.1) is 0 Å². The fourth-order valence-electron chi connectivity index (χ4n) is 2.59. The standard InChI is InChI=1S/C16H19N3O2S2/c1-10(14(20)17-15-18-19-16(22-2)23-15)21-13-8-7-11-5-3-4-6-12(11)9-13/h7-10H,3-6H2,1-2H3,(H,17,18,20)/t10-/m0/s1. The molecule has 0 saturated heterocycles. The molecule has 0 aliphatic heterocycles. The van der Waals surface area contributed by atoms with Gasteiger partial charge in [0.25, 0.3) is 5.91 Å². The van der Waals surface area contributed by atoms with Crippen LogP contribution in [0.2, 0.25) is 0 Å². The van der Waals surface area contributed by atoms with Gasteiger partial charge in [-0.05, 0) is 62.1 Å². The van der Waals surface area contributed by atoms with Gasteiger partial charge in [-0.25, -0.2) is 0 Å². The van der Waals surface area contributed by atoms with Crippen LogP contribution in [0.4, 0.5) is 5.13 Å². The van der Waals surface area contributed by atoms with Gasteiger partial charge in [0.1, 0.15) is 5.75 Å². The number of carbonyl (C=O) groups excluding carboxylic acids is 1. The first-order chi connectivity index (χ1) is 11.2. The summed E-state index contributed by atoms with van der Waals surface area (Å²) in [5, 5.41) is 11.1. The highest BCUT2D eigenvalue weighted by molar-refractivity contribution is 8.00. The van der Waals surface area contributed by atoms with Crippen LogP contribution in [-0.2, 0) is 17.6 Å². The van der Waals surface area contributed by atoms with Crippen LogP contribution in [-0.4, -0.2) is 28.5 Å². The number of benzene rings is 1. The van der Waals surface area contributed by atoms with Crippen molar-refractivity contribution in [3.63, 3.8) is 0 Å². The summed E-state index contributed by atoms with van der Waals surface area (Å²) in [6.07, 6.45) is 6.05. The summed E-state index contributed by atoms with van der Waals surface area (Å²) < 4.78 is 6.61. The zero-order chi connectivity index (χ0) is 16.2. The Labute approximate surface area is 143 Å². The molecule has 1 aromatic heterocycles. The number of rotatable bonds is 5. The molecule has 3 rings (SSSR count). The van der Waals surface area contributed by atoms with E-state index in [2.05, 4.69) is 27.6 Å². The highest BCUT2D eigenvalue weighted by Crippen LogP contribution is 2.26. The Hall–Kier alpha value is -1.60. The Morgan fingerprint density at radius 1 is 1.30 bits per heavy atom. The number of nitrogens with one attached hydrogen (secondary N) is 1. The molecule has 1 atom stereocenters. The average Bonchev–Trinajstić information content (AvgIpc) is 3.02. The van der Waals surface area contributed by atoms with Crippen LogP contribution in [0.15, 0.2) is 22.5 Å². The van der Waals surface area contributed by atoms with E-state index in [1.54, 1.807) is 6.92 Å². The lowest BCUT2D eigenvalue weighted by molar-refractivity contribution is -0.122. The molecule has 1 aromatic carbocycles. The van der Waals surface area contributed by atoms with E-state index in [0.717, 1.165) is 22.9 Å². The zero-order valence-electron chi connectivity index (χ0n) is 13.2. The maximum atomic E-state index is 12.2. The average molecular weight is 349 g/mol. The first-order valence-electron chi connectivity index (χ1n) is 7.62. The summed E-state index contributed by atoms with van der Waals surface area (Å²) in [4.78, 5) is 12.2. The van der Waals surface area contributed by atoms with Crippen molar-refractivity contribution < 1.29 is 9.53 Å². The normalized spacial score (nSPS) is 14.9. The van der Waals surface area contributed by atoms with E-state index >= 15 is 0 Å². The number of aryl methyl sites for hydroxylation is 2. The number of thioether (sulfide) groups is 1. The quantitative estimate of drug-likeness (QED) is 0.661. The Morgan fingerprint density at radius 2 is 2.09 bits per heavy atom. The second-order valence-corrected chi connectivity index (χ2v) is 7.50. The summed E-state index contributed by atoms with van der Waals surface area (Å²) in [7, 11) is 0. The highest BCUT2D eigenvalue weighted by Gasteiger charge is 2.18. The minimum atomic E-state index is -0.585. The van der Waals surface area contributed by atoms with Crippen LogP contribution < -0.4 is 10.1 Å². The Balaban J connectivity index is 1.61. The molecule has 0 unspecified atom stereocenters. The Kier molecular flexibility index (Phi) is 5.17. The van der Waals surface area contributed by atoms with Gasteiger partial charge in [0.15, 0.2) is 10.4 Å². The fraction of sp³-hybridized carbons (Fsp3) is 0.438. The second-order valence-electron chi connectivity index (χ2n) is 5.46. The second kappa shape index (κ2) is 7.31. The molecule has 0 radical (unpaired) electrons. The first kappa shape index (κ1) is 16.3. The molecule has 0 spiro atoms. The lowest BCUT2D eigenvalue weighted by Gasteiger charge is -2.18. The number of aromatic nitrogens is 2. The molecule has 23 heavy (non-hydrogen) atoms. The van der Waals surface area contributed by atoms with E-state index in [0.29, 0.717) is 5.13 Å². The van der Waals surface area contributed by atoms with Gasteiger partial charge in [-0.2, -0.15) is 0 Å². The third-order valence-corrected chi connectivity index (χ3v) is 5.63. The summed E-state index contributed by atoms with van der Waals surface area (Å²) >= 11 is 2.86. The molecule has 0 fully saturated rings. The van der Waals surface area contributed by atoms with E-state index in [4.69, 9.17) is 4.74 Å². The smallest absolute Gasteiger partial charge is 0.266 e. The minimum absolute atomic E-state index is 0.216. The van der Waals surface area contributed by atoms with Crippen molar-refractivity contribution in [3.05, 3.63) is 29.3 Å². The van der Waals surface area contributed by atoms with Crippen LogP contribution in [0.25, 0.3) is 0 Å². The maximum absolute atomic E-state index is 12.2. The van der Waals surface area contributed by atoms with Crippen molar-refractivity contribution in [1.82, 2.24) is 10.2 Å². The molecular weight excluding hydrogens is 330 g/mol. The molecule has 2 aromatic rings. The topological polar surface area (TPSA) is 64.1 Å². The minimum Gasteiger partial charge on any atom is -0.481 e. The van der Waals surface area contributed by atoms with Crippen molar-refractivity contribution >= 4 is 34.1 Å². The highest BCUT2D eigenvalue weighted by atomic mass is 32.2. The lowest BCUT2D eigenvalue weighted by atomic mass is 9.92. The Bertz CT molecular complexity index is 702. The van der Waals surface area contributed by atoms with Gasteiger partial charge in [0.2, 0.25) is 5.13 Å². The van der Waals surface area contributed by atoms with Crippen molar-refractivity contribution in [2.24, 2.45) is 0 Å². The van der Waals surface area contributed by atoms with Crippen molar-refractivity contribution in [1.29, 1.82) is 0 Å². The molecule has 7 heteroatoms. The van der Waals surface area contributed by atoms with Gasteiger partial charge in [0, 0.05) is 0 Å². The molecule has 122 valence electrons. The molecule has 1 N–H and O–H groups in total. The summed E-state index contributed by atoms with van der Waals surface area (Å²) in [6, 6.07) is 6.13. The van der Waals surface area contributed by atoms with Gasteiger partial charge in [-0.3, -0.25) is 10.1 Å². The monoisotopic (exact) mass is 349 g/mol. The summed E-state index contributed by atoms with van der Waals surface area (Å²) in [5.74, 6) is 0.530. The van der Waals surface area contributed by atoms with E-state index < -0.39 is 6.10 Å². The summed E-state index contributed by atoms with van der Waals surface area (Å²) in [6.45, 7) is 1.74. The molecule has 0 bridgehead atoms. The van der Waals surface area contributed by atoms with E-state index in [1.807, 2.05) is 12.3 Å². The van der Waals surface area contributed by atoms with Crippen LogP contribution in [0.3, 0.4) is 0 Å². The summed E-state index contributed by atoms with van der Waals surface area (Å²) in [5.41, 5.74) is 2.74. The third kappa shape index (κ3) is 4.03. The van der Waals surface area contributed by atoms with E-state index in [9.17, 15) is 4.79 Å². The van der Waals surface area contributed by atoms with Crippen molar-refractivity contribution in [2.45, 2.75) is 43.1 Å². The fourth-order valence-corrected chi connectivity index (χ4v) is 3.76. The van der Waals surface area contributed by atoms with Gasteiger partial charge in [-0.15, -0.1) is 10.2 Å². The number of hydrogen-bond acceptors (Lipinski definition) is 6. The van der Waals surface area contributed by atoms with Gasteiger partial charge >= 0.3 is 0 Å². The van der Waals surface area contributed by atoms with E-state index in [1.165, 1.54) is 47.1 Å². The molecule has 1 amide bonds. The predicted octanol–water partition coefficient (Wildman–Crippen LogP) is 3.54. The predicted molar refractivity (Wildman–Crippen MR) is 93.5 cm³/mol. The van der Waals surface area contributed by atoms with Crippen LogP contribution in [0, 0.1) is 0 Å². The number of hydrogen-bond donors (Lipinski definition) is 1.